The molecule has 1 fully saturated rings. The van der Waals surface area contributed by atoms with Gasteiger partial charge in [-0.3, -0.25) is 9.78 Å². The topological polar surface area (TPSA) is 36.4 Å². The van der Waals surface area contributed by atoms with Crippen molar-refractivity contribution < 1.29 is 4.79 Å². The molecule has 1 saturated heterocycles. The van der Waals surface area contributed by atoms with Crippen LogP contribution in [-0.4, -0.2) is 47.9 Å². The number of carbonyl (C=O) groups is 1. The van der Waals surface area contributed by atoms with Crippen LogP contribution < -0.4 is 4.90 Å². The van der Waals surface area contributed by atoms with E-state index in [4.69, 9.17) is 11.6 Å². The average molecular weight is 304 g/mol. The van der Waals surface area contributed by atoms with Crippen molar-refractivity contribution in [2.45, 2.75) is 6.92 Å². The molecule has 0 aliphatic carbocycles. The number of para-hydroxylation sites is 1. The molecule has 0 N–H and O–H groups in total. The van der Waals surface area contributed by atoms with E-state index in [1.165, 1.54) is 11.1 Å². The van der Waals surface area contributed by atoms with Gasteiger partial charge in [0.1, 0.15) is 5.88 Å². The number of alkyl halides is 1. The number of nitrogens with zero attached hydrogens (tertiary/aromatic N) is 3. The van der Waals surface area contributed by atoms with E-state index in [1.54, 1.807) is 0 Å². The first-order valence-corrected chi connectivity index (χ1v) is 7.67. The normalized spacial score (nSPS) is 15.5. The third-order valence-electron chi connectivity index (χ3n) is 3.91. The number of hydrogen-bond donors (Lipinski definition) is 0. The second-order valence-electron chi connectivity index (χ2n) is 5.30. The number of benzene rings is 1. The van der Waals surface area contributed by atoms with Crippen molar-refractivity contribution in [2.75, 3.05) is 37.0 Å². The number of carbonyl (C=O) groups excluding carboxylic acids is 1. The minimum Gasteiger partial charge on any atom is -0.367 e. The van der Waals surface area contributed by atoms with E-state index in [9.17, 15) is 4.79 Å². The number of pyridine rings is 1. The first-order chi connectivity index (χ1) is 10.2. The Morgan fingerprint density at radius 2 is 1.95 bits per heavy atom. The number of halogens is 1. The Labute approximate surface area is 129 Å². The van der Waals surface area contributed by atoms with Gasteiger partial charge in [0.2, 0.25) is 5.91 Å². The zero-order valence-corrected chi connectivity index (χ0v) is 12.8. The average Bonchev–Trinajstić information content (AvgIpc) is 2.53. The largest absolute Gasteiger partial charge is 0.367 e. The van der Waals surface area contributed by atoms with E-state index in [-0.39, 0.29) is 11.8 Å². The van der Waals surface area contributed by atoms with E-state index in [0.29, 0.717) is 0 Å². The highest BCUT2D eigenvalue weighted by Gasteiger charge is 2.21. The fourth-order valence-corrected chi connectivity index (χ4v) is 3.00. The van der Waals surface area contributed by atoms with Crippen molar-refractivity contribution in [3.8, 4) is 0 Å². The third-order valence-corrected chi connectivity index (χ3v) is 4.14. The summed E-state index contributed by atoms with van der Waals surface area (Å²) in [4.78, 5) is 20.4. The van der Waals surface area contributed by atoms with E-state index in [2.05, 4.69) is 22.0 Å². The number of anilines is 1. The highest BCUT2D eigenvalue weighted by Crippen LogP contribution is 2.27. The molecule has 110 valence electrons. The lowest BCUT2D eigenvalue weighted by atomic mass is 10.1. The second-order valence-corrected chi connectivity index (χ2v) is 5.57. The van der Waals surface area contributed by atoms with Gasteiger partial charge in [0.15, 0.2) is 0 Å². The summed E-state index contributed by atoms with van der Waals surface area (Å²) in [6, 6.07) is 10.3. The molecule has 0 unspecified atom stereocenters. The zero-order chi connectivity index (χ0) is 14.8. The first kappa shape index (κ1) is 14.1. The SMILES string of the molecule is Cc1cc(N2CCN(C(=O)CCl)CC2)c2ccccc2n1. The minimum atomic E-state index is 0.0204. The minimum absolute atomic E-state index is 0.0204. The van der Waals surface area contributed by atoms with Crippen molar-refractivity contribution >= 4 is 34.1 Å². The molecular formula is C16H18ClN3O. The molecule has 1 amide bonds. The van der Waals surface area contributed by atoms with Crippen LogP contribution in [-0.2, 0) is 4.79 Å². The van der Waals surface area contributed by atoms with Gasteiger partial charge in [-0.1, -0.05) is 18.2 Å². The number of rotatable bonds is 2. The van der Waals surface area contributed by atoms with Crippen molar-refractivity contribution in [3.63, 3.8) is 0 Å². The lowest BCUT2D eigenvalue weighted by Crippen LogP contribution is -2.49. The summed E-state index contributed by atoms with van der Waals surface area (Å²) in [6.45, 7) is 5.12. The summed E-state index contributed by atoms with van der Waals surface area (Å²) in [5.41, 5.74) is 3.24. The molecule has 4 nitrogen and oxygen atoms in total. The van der Waals surface area contributed by atoms with Crippen LogP contribution in [0.25, 0.3) is 10.9 Å². The highest BCUT2D eigenvalue weighted by molar-refractivity contribution is 6.27. The van der Waals surface area contributed by atoms with Gasteiger partial charge in [0.25, 0.3) is 0 Å². The van der Waals surface area contributed by atoms with Gasteiger partial charge in [-0.25, -0.2) is 0 Å². The standard InChI is InChI=1S/C16H18ClN3O/c1-12-10-15(13-4-2-3-5-14(13)18-12)19-6-8-20(9-7-19)16(21)11-17/h2-5,10H,6-9,11H2,1H3. The van der Waals surface area contributed by atoms with E-state index in [0.717, 1.165) is 37.4 Å². The molecule has 0 radical (unpaired) electrons. The molecule has 0 spiro atoms. The first-order valence-electron chi connectivity index (χ1n) is 7.14. The maximum atomic E-state index is 11.6. The summed E-state index contributed by atoms with van der Waals surface area (Å²) >= 11 is 5.62. The van der Waals surface area contributed by atoms with Gasteiger partial charge in [-0.05, 0) is 19.1 Å². The predicted octanol–water partition coefficient (Wildman–Crippen LogP) is 2.43. The molecule has 1 aromatic heterocycles. The molecule has 2 heterocycles. The Morgan fingerprint density at radius 1 is 1.24 bits per heavy atom. The summed E-state index contributed by atoms with van der Waals surface area (Å²) in [7, 11) is 0. The van der Waals surface area contributed by atoms with Gasteiger partial charge >= 0.3 is 0 Å². The number of hydrogen-bond acceptors (Lipinski definition) is 3. The fourth-order valence-electron chi connectivity index (χ4n) is 2.83. The molecule has 0 saturated carbocycles. The molecule has 3 rings (SSSR count). The van der Waals surface area contributed by atoms with Crippen LogP contribution in [0.4, 0.5) is 5.69 Å². The van der Waals surface area contributed by atoms with Crippen molar-refractivity contribution in [1.29, 1.82) is 0 Å². The number of fused-ring (bicyclic) bond motifs is 1. The van der Waals surface area contributed by atoms with E-state index >= 15 is 0 Å². The molecule has 21 heavy (non-hydrogen) atoms. The van der Waals surface area contributed by atoms with Crippen LogP contribution in [0.15, 0.2) is 30.3 Å². The van der Waals surface area contributed by atoms with Crippen molar-refractivity contribution in [3.05, 3.63) is 36.0 Å². The fraction of sp³-hybridized carbons (Fsp3) is 0.375. The van der Waals surface area contributed by atoms with Gasteiger partial charge in [-0.2, -0.15) is 0 Å². The Balaban J connectivity index is 1.87. The number of aryl methyl sites for hydroxylation is 1. The highest BCUT2D eigenvalue weighted by atomic mass is 35.5. The van der Waals surface area contributed by atoms with Crippen LogP contribution in [0.1, 0.15) is 5.69 Å². The van der Waals surface area contributed by atoms with Crippen LogP contribution in [0.2, 0.25) is 0 Å². The summed E-state index contributed by atoms with van der Waals surface area (Å²) in [5.74, 6) is 0.0872. The Kier molecular flexibility index (Phi) is 3.97. The predicted molar refractivity (Wildman–Crippen MR) is 86.0 cm³/mol. The van der Waals surface area contributed by atoms with Crippen molar-refractivity contribution in [2.24, 2.45) is 0 Å². The molecule has 1 aliphatic rings. The zero-order valence-electron chi connectivity index (χ0n) is 12.1. The van der Waals surface area contributed by atoms with Crippen LogP contribution in [0.3, 0.4) is 0 Å². The smallest absolute Gasteiger partial charge is 0.237 e. The summed E-state index contributed by atoms with van der Waals surface area (Å²) < 4.78 is 0. The second kappa shape index (κ2) is 5.90. The monoisotopic (exact) mass is 303 g/mol. The molecule has 0 bridgehead atoms. The number of piperazine rings is 1. The van der Waals surface area contributed by atoms with Crippen LogP contribution in [0.5, 0.6) is 0 Å². The van der Waals surface area contributed by atoms with E-state index < -0.39 is 0 Å². The number of aromatic nitrogens is 1. The molecule has 1 aliphatic heterocycles. The molecule has 2 aromatic rings. The quantitative estimate of drug-likeness (QED) is 0.800. The Bertz CT molecular complexity index is 666. The Hall–Kier alpha value is -1.81. The van der Waals surface area contributed by atoms with Gasteiger partial charge < -0.3 is 9.80 Å². The summed E-state index contributed by atoms with van der Waals surface area (Å²) in [6.07, 6.45) is 0. The van der Waals surface area contributed by atoms with E-state index in [1.807, 2.05) is 30.0 Å². The van der Waals surface area contributed by atoms with Gasteiger partial charge in [0, 0.05) is 42.9 Å². The van der Waals surface area contributed by atoms with Crippen LogP contribution >= 0.6 is 11.6 Å². The lowest BCUT2D eigenvalue weighted by Gasteiger charge is -2.36. The maximum absolute atomic E-state index is 11.6. The Morgan fingerprint density at radius 3 is 2.67 bits per heavy atom. The molecule has 5 heteroatoms. The molecule has 1 aromatic carbocycles. The number of amides is 1. The molecule has 0 atom stereocenters. The third kappa shape index (κ3) is 2.81. The van der Waals surface area contributed by atoms with Crippen molar-refractivity contribution in [1.82, 2.24) is 9.88 Å². The lowest BCUT2D eigenvalue weighted by molar-refractivity contribution is -0.128. The van der Waals surface area contributed by atoms with Gasteiger partial charge in [0.05, 0.1) is 5.52 Å². The maximum Gasteiger partial charge on any atom is 0.237 e. The van der Waals surface area contributed by atoms with Crippen LogP contribution in [0, 0.1) is 6.92 Å². The van der Waals surface area contributed by atoms with Gasteiger partial charge in [-0.15, -0.1) is 11.6 Å². The molecular weight excluding hydrogens is 286 g/mol. The summed E-state index contributed by atoms with van der Waals surface area (Å²) in [5, 5.41) is 1.17.